The van der Waals surface area contributed by atoms with E-state index in [4.69, 9.17) is 5.26 Å². The fraction of sp³-hybridized carbons (Fsp3) is 0.692. The summed E-state index contributed by atoms with van der Waals surface area (Å²) in [6.07, 6.45) is 3.30. The minimum absolute atomic E-state index is 0.0562. The van der Waals surface area contributed by atoms with Gasteiger partial charge in [-0.1, -0.05) is 0 Å². The van der Waals surface area contributed by atoms with Gasteiger partial charge in [0.25, 0.3) is 0 Å². The summed E-state index contributed by atoms with van der Waals surface area (Å²) in [6, 6.07) is 2.63. The maximum absolute atomic E-state index is 12.6. The zero-order valence-corrected chi connectivity index (χ0v) is 11.7. The molecule has 1 amide bonds. The third-order valence-corrected chi connectivity index (χ3v) is 4.29. The van der Waals surface area contributed by atoms with Crippen LogP contribution in [0, 0.1) is 11.3 Å². The van der Waals surface area contributed by atoms with Gasteiger partial charge in [-0.2, -0.15) is 9.94 Å². The summed E-state index contributed by atoms with van der Waals surface area (Å²) in [5.74, 6) is 0.0562. The summed E-state index contributed by atoms with van der Waals surface area (Å²) in [7, 11) is 0. The Morgan fingerprint density at radius 1 is 1.40 bits per heavy atom. The predicted octanol–water partition coefficient (Wildman–Crippen LogP) is 0.675. The molecule has 0 radical (unpaired) electrons. The Kier molecular flexibility index (Phi) is 3.18. The minimum Gasteiger partial charge on any atom is -0.314 e. The summed E-state index contributed by atoms with van der Waals surface area (Å²) in [5.41, 5.74) is 0. The van der Waals surface area contributed by atoms with Crippen LogP contribution in [0.25, 0.3) is 0 Å². The lowest BCUT2D eigenvalue weighted by Gasteiger charge is -2.42. The van der Waals surface area contributed by atoms with Crippen LogP contribution in [0.1, 0.15) is 32.5 Å². The molecule has 0 saturated carbocycles. The number of fused-ring (bicyclic) bond motifs is 2. The lowest BCUT2D eigenvalue weighted by atomic mass is 10.1. The summed E-state index contributed by atoms with van der Waals surface area (Å²) >= 11 is 0. The molecular weight excluding hydrogens is 256 g/mol. The molecule has 3 heterocycles. The number of hydrogen-bond donors (Lipinski definition) is 0. The second-order valence-electron chi connectivity index (χ2n) is 5.73. The summed E-state index contributed by atoms with van der Waals surface area (Å²) in [6.45, 7) is 6.16. The van der Waals surface area contributed by atoms with Gasteiger partial charge in [0.05, 0.1) is 0 Å². The van der Waals surface area contributed by atoms with Gasteiger partial charge in [0.15, 0.2) is 0 Å². The Bertz CT molecular complexity index is 545. The van der Waals surface area contributed by atoms with E-state index in [1.54, 1.807) is 0 Å². The SMILES string of the molecule is CC(C)N1CC2CCC(C1)N2C(=O)n1ncnc1C#N. The summed E-state index contributed by atoms with van der Waals surface area (Å²) < 4.78 is 1.12. The quantitative estimate of drug-likeness (QED) is 0.752. The van der Waals surface area contributed by atoms with E-state index in [-0.39, 0.29) is 23.9 Å². The van der Waals surface area contributed by atoms with Gasteiger partial charge in [-0.25, -0.2) is 9.78 Å². The highest BCUT2D eigenvalue weighted by Crippen LogP contribution is 2.31. The van der Waals surface area contributed by atoms with Crippen molar-refractivity contribution in [1.29, 1.82) is 5.26 Å². The molecule has 2 bridgehead atoms. The number of piperazine rings is 1. The number of aromatic nitrogens is 3. The second-order valence-corrected chi connectivity index (χ2v) is 5.73. The van der Waals surface area contributed by atoms with Gasteiger partial charge in [0.2, 0.25) is 5.82 Å². The first-order valence-corrected chi connectivity index (χ1v) is 6.98. The van der Waals surface area contributed by atoms with Crippen LogP contribution in [-0.2, 0) is 0 Å². The average molecular weight is 274 g/mol. The Balaban J connectivity index is 1.83. The monoisotopic (exact) mass is 274 g/mol. The predicted molar refractivity (Wildman–Crippen MR) is 70.9 cm³/mol. The van der Waals surface area contributed by atoms with E-state index in [0.29, 0.717) is 6.04 Å². The van der Waals surface area contributed by atoms with Crippen LogP contribution >= 0.6 is 0 Å². The molecule has 0 N–H and O–H groups in total. The molecule has 2 atom stereocenters. The first-order chi connectivity index (χ1) is 9.61. The van der Waals surface area contributed by atoms with Crippen molar-refractivity contribution in [3.05, 3.63) is 12.2 Å². The van der Waals surface area contributed by atoms with E-state index in [9.17, 15) is 4.79 Å². The highest BCUT2D eigenvalue weighted by atomic mass is 16.2. The Morgan fingerprint density at radius 2 is 2.05 bits per heavy atom. The van der Waals surface area contributed by atoms with Crippen molar-refractivity contribution in [1.82, 2.24) is 24.6 Å². The largest absolute Gasteiger partial charge is 0.347 e. The van der Waals surface area contributed by atoms with Crippen LogP contribution in [0.15, 0.2) is 6.33 Å². The van der Waals surface area contributed by atoms with Crippen molar-refractivity contribution >= 4 is 6.03 Å². The zero-order valence-electron chi connectivity index (χ0n) is 11.7. The van der Waals surface area contributed by atoms with Gasteiger partial charge in [0.1, 0.15) is 12.4 Å². The zero-order chi connectivity index (χ0) is 14.3. The van der Waals surface area contributed by atoms with Crippen LogP contribution in [0.4, 0.5) is 4.79 Å². The van der Waals surface area contributed by atoms with Crippen molar-refractivity contribution in [2.75, 3.05) is 13.1 Å². The molecule has 7 nitrogen and oxygen atoms in total. The van der Waals surface area contributed by atoms with E-state index in [1.807, 2.05) is 11.0 Å². The standard InChI is InChI=1S/C13H18N6O/c1-9(2)17-6-10-3-4-11(7-17)18(10)13(20)19-12(5-14)15-8-16-19/h8-11H,3-4,6-7H2,1-2H3. The topological polar surface area (TPSA) is 78.1 Å². The summed E-state index contributed by atoms with van der Waals surface area (Å²) in [5, 5.41) is 12.9. The van der Waals surface area contributed by atoms with E-state index >= 15 is 0 Å². The molecule has 2 aliphatic heterocycles. The number of carbonyl (C=O) groups is 1. The molecule has 20 heavy (non-hydrogen) atoms. The third-order valence-electron chi connectivity index (χ3n) is 4.29. The minimum atomic E-state index is -0.213. The van der Waals surface area contributed by atoms with Crippen LogP contribution in [0.2, 0.25) is 0 Å². The molecular formula is C13H18N6O. The highest BCUT2D eigenvalue weighted by molar-refractivity contribution is 5.78. The van der Waals surface area contributed by atoms with Crippen molar-refractivity contribution in [2.45, 2.75) is 44.8 Å². The van der Waals surface area contributed by atoms with Crippen LogP contribution in [-0.4, -0.2) is 61.8 Å². The van der Waals surface area contributed by atoms with Crippen LogP contribution in [0.5, 0.6) is 0 Å². The van der Waals surface area contributed by atoms with Gasteiger partial charge in [0, 0.05) is 31.2 Å². The molecule has 1 aromatic heterocycles. The van der Waals surface area contributed by atoms with E-state index in [2.05, 4.69) is 28.8 Å². The Labute approximate surface area is 117 Å². The first-order valence-electron chi connectivity index (χ1n) is 6.98. The van der Waals surface area contributed by atoms with Crippen LogP contribution in [0.3, 0.4) is 0 Å². The van der Waals surface area contributed by atoms with Crippen molar-refractivity contribution in [3.63, 3.8) is 0 Å². The van der Waals surface area contributed by atoms with E-state index in [0.717, 1.165) is 30.6 Å². The smallest absolute Gasteiger partial charge is 0.314 e. The highest BCUT2D eigenvalue weighted by Gasteiger charge is 2.44. The Morgan fingerprint density at radius 3 is 2.60 bits per heavy atom. The fourth-order valence-electron chi connectivity index (χ4n) is 3.24. The van der Waals surface area contributed by atoms with Gasteiger partial charge in [-0.05, 0) is 26.7 Å². The molecule has 1 aromatic rings. The molecule has 3 rings (SSSR count). The third kappa shape index (κ3) is 1.96. The number of rotatable bonds is 1. The van der Waals surface area contributed by atoms with Crippen molar-refractivity contribution in [3.8, 4) is 6.07 Å². The molecule has 2 aliphatic rings. The van der Waals surface area contributed by atoms with E-state index in [1.165, 1.54) is 6.33 Å². The number of carbonyl (C=O) groups excluding carboxylic acids is 1. The number of nitriles is 1. The Hall–Kier alpha value is -1.94. The van der Waals surface area contributed by atoms with Gasteiger partial charge in [-0.3, -0.25) is 4.90 Å². The number of hydrogen-bond acceptors (Lipinski definition) is 5. The molecule has 0 aromatic carbocycles. The normalized spacial score (nSPS) is 26.0. The van der Waals surface area contributed by atoms with Gasteiger partial charge < -0.3 is 4.90 Å². The molecule has 0 aliphatic carbocycles. The number of likely N-dealkylation sites (tertiary alicyclic amines) is 1. The molecule has 0 spiro atoms. The second kappa shape index (κ2) is 4.87. The number of amides is 1. The maximum atomic E-state index is 12.6. The van der Waals surface area contributed by atoms with Gasteiger partial charge in [-0.15, -0.1) is 5.10 Å². The fourth-order valence-corrected chi connectivity index (χ4v) is 3.24. The van der Waals surface area contributed by atoms with Gasteiger partial charge >= 0.3 is 6.03 Å². The van der Waals surface area contributed by atoms with E-state index < -0.39 is 0 Å². The molecule has 2 unspecified atom stereocenters. The first kappa shape index (κ1) is 13.1. The molecule has 2 saturated heterocycles. The molecule has 106 valence electrons. The average Bonchev–Trinajstić information content (AvgIpc) is 3.00. The number of nitrogens with zero attached hydrogens (tertiary/aromatic N) is 6. The van der Waals surface area contributed by atoms with Crippen molar-refractivity contribution < 1.29 is 4.79 Å². The molecule has 7 heteroatoms. The van der Waals surface area contributed by atoms with Crippen molar-refractivity contribution in [2.24, 2.45) is 0 Å². The maximum Gasteiger partial charge on any atom is 0.347 e. The lowest BCUT2D eigenvalue weighted by Crippen LogP contribution is -2.58. The van der Waals surface area contributed by atoms with Crippen LogP contribution < -0.4 is 0 Å². The lowest BCUT2D eigenvalue weighted by molar-refractivity contribution is 0.0699. The summed E-state index contributed by atoms with van der Waals surface area (Å²) in [4.78, 5) is 20.7. The molecule has 2 fully saturated rings.